The Bertz CT molecular complexity index is 551. The van der Waals surface area contributed by atoms with Crippen molar-refractivity contribution in [1.29, 1.82) is 0 Å². The molecular formula is C12H13ClN4S. The van der Waals surface area contributed by atoms with E-state index in [9.17, 15) is 0 Å². The molecule has 1 N–H and O–H groups in total. The Labute approximate surface area is 114 Å². The Hall–Kier alpha value is -1.20. The van der Waals surface area contributed by atoms with Crippen LogP contribution in [0.3, 0.4) is 0 Å². The van der Waals surface area contributed by atoms with E-state index in [0.717, 1.165) is 22.9 Å². The normalized spacial score (nSPS) is 14.8. The second-order valence-electron chi connectivity index (χ2n) is 4.45. The number of anilines is 1. The van der Waals surface area contributed by atoms with Gasteiger partial charge in [0.05, 0.1) is 17.7 Å². The zero-order chi connectivity index (χ0) is 12.5. The fraction of sp³-hybridized carbons (Fsp3) is 0.417. The van der Waals surface area contributed by atoms with Crippen molar-refractivity contribution in [3.05, 3.63) is 33.1 Å². The summed E-state index contributed by atoms with van der Waals surface area (Å²) in [4.78, 5) is 13.1. The molecule has 4 nitrogen and oxygen atoms in total. The molecular weight excluding hydrogens is 268 g/mol. The van der Waals surface area contributed by atoms with Crippen molar-refractivity contribution >= 4 is 28.8 Å². The number of rotatable bonds is 4. The molecule has 0 saturated heterocycles. The van der Waals surface area contributed by atoms with Crippen LogP contribution in [-0.2, 0) is 6.54 Å². The summed E-state index contributed by atoms with van der Waals surface area (Å²) in [6.45, 7) is 2.60. The van der Waals surface area contributed by atoms with Crippen molar-refractivity contribution in [3.8, 4) is 0 Å². The highest BCUT2D eigenvalue weighted by molar-refractivity contribution is 7.07. The molecule has 0 atom stereocenters. The van der Waals surface area contributed by atoms with E-state index in [4.69, 9.17) is 11.6 Å². The SMILES string of the molecule is Cc1c(Cl)nc(C2CC2)nc1NCc1cscn1. The standard InChI is InChI=1S/C12H13ClN4S/c1-7-10(13)16-12(8-2-3-8)17-11(7)14-4-9-5-18-6-15-9/h5-6,8H,2-4H2,1H3,(H,14,16,17). The summed E-state index contributed by atoms with van der Waals surface area (Å²) in [6.07, 6.45) is 2.34. The molecule has 1 aliphatic rings. The summed E-state index contributed by atoms with van der Waals surface area (Å²) in [5.41, 5.74) is 3.74. The van der Waals surface area contributed by atoms with Gasteiger partial charge < -0.3 is 5.32 Å². The van der Waals surface area contributed by atoms with E-state index >= 15 is 0 Å². The Morgan fingerprint density at radius 2 is 2.28 bits per heavy atom. The summed E-state index contributed by atoms with van der Waals surface area (Å²) in [7, 11) is 0. The van der Waals surface area contributed by atoms with E-state index in [2.05, 4.69) is 20.3 Å². The van der Waals surface area contributed by atoms with Gasteiger partial charge in [0.1, 0.15) is 16.8 Å². The number of hydrogen-bond acceptors (Lipinski definition) is 5. The van der Waals surface area contributed by atoms with Gasteiger partial charge in [-0.15, -0.1) is 11.3 Å². The largest absolute Gasteiger partial charge is 0.364 e. The highest BCUT2D eigenvalue weighted by Crippen LogP contribution is 2.39. The number of halogens is 1. The maximum atomic E-state index is 6.15. The summed E-state index contributed by atoms with van der Waals surface area (Å²) in [5, 5.41) is 5.86. The molecule has 0 aliphatic heterocycles. The summed E-state index contributed by atoms with van der Waals surface area (Å²) >= 11 is 7.74. The number of aromatic nitrogens is 3. The average molecular weight is 281 g/mol. The predicted octanol–water partition coefficient (Wildman–Crippen LogP) is 3.38. The predicted molar refractivity (Wildman–Crippen MR) is 73.2 cm³/mol. The summed E-state index contributed by atoms with van der Waals surface area (Å²) < 4.78 is 0. The van der Waals surface area contributed by atoms with Crippen molar-refractivity contribution in [2.24, 2.45) is 0 Å². The lowest BCUT2D eigenvalue weighted by atomic mass is 10.3. The molecule has 1 fully saturated rings. The number of nitrogens with one attached hydrogen (secondary N) is 1. The molecule has 3 rings (SSSR count). The Morgan fingerprint density at radius 3 is 2.94 bits per heavy atom. The zero-order valence-electron chi connectivity index (χ0n) is 9.98. The van der Waals surface area contributed by atoms with E-state index in [0.29, 0.717) is 17.6 Å². The van der Waals surface area contributed by atoms with Crippen LogP contribution in [0.2, 0.25) is 5.15 Å². The van der Waals surface area contributed by atoms with E-state index in [1.165, 1.54) is 12.8 Å². The van der Waals surface area contributed by atoms with Crippen LogP contribution in [0.1, 0.15) is 35.8 Å². The first kappa shape index (κ1) is 11.9. The van der Waals surface area contributed by atoms with Crippen LogP contribution in [0, 0.1) is 6.92 Å². The Morgan fingerprint density at radius 1 is 1.44 bits per heavy atom. The molecule has 0 radical (unpaired) electrons. The minimum atomic E-state index is 0.503. The van der Waals surface area contributed by atoms with E-state index < -0.39 is 0 Å². The third kappa shape index (κ3) is 2.47. The van der Waals surface area contributed by atoms with E-state index in [1.54, 1.807) is 11.3 Å². The molecule has 6 heteroatoms. The molecule has 1 aliphatic carbocycles. The molecule has 2 aromatic heterocycles. The van der Waals surface area contributed by atoms with Gasteiger partial charge in [0.2, 0.25) is 0 Å². The topological polar surface area (TPSA) is 50.7 Å². The molecule has 0 bridgehead atoms. The third-order valence-electron chi connectivity index (χ3n) is 2.97. The van der Waals surface area contributed by atoms with Gasteiger partial charge in [-0.3, -0.25) is 0 Å². The molecule has 2 aromatic rings. The number of thiazole rings is 1. The lowest BCUT2D eigenvalue weighted by Crippen LogP contribution is -2.07. The quantitative estimate of drug-likeness (QED) is 0.872. The molecule has 0 unspecified atom stereocenters. The molecule has 0 spiro atoms. The van der Waals surface area contributed by atoms with Crippen LogP contribution in [0.5, 0.6) is 0 Å². The van der Waals surface area contributed by atoms with Gasteiger partial charge in [-0.2, -0.15) is 0 Å². The van der Waals surface area contributed by atoms with Gasteiger partial charge in [-0.05, 0) is 19.8 Å². The fourth-order valence-electron chi connectivity index (χ4n) is 1.70. The van der Waals surface area contributed by atoms with Crippen molar-refractivity contribution in [3.63, 3.8) is 0 Å². The first-order valence-corrected chi connectivity index (χ1v) is 7.21. The molecule has 0 amide bonds. The molecule has 1 saturated carbocycles. The Balaban J connectivity index is 1.81. The molecule has 94 valence electrons. The van der Waals surface area contributed by atoms with Crippen LogP contribution < -0.4 is 5.32 Å². The van der Waals surface area contributed by atoms with Crippen LogP contribution in [-0.4, -0.2) is 15.0 Å². The summed E-state index contributed by atoms with van der Waals surface area (Å²) in [5.74, 6) is 2.19. The summed E-state index contributed by atoms with van der Waals surface area (Å²) in [6, 6.07) is 0. The smallest absolute Gasteiger partial charge is 0.137 e. The zero-order valence-corrected chi connectivity index (χ0v) is 11.6. The highest BCUT2D eigenvalue weighted by atomic mass is 35.5. The minimum Gasteiger partial charge on any atom is -0.364 e. The van der Waals surface area contributed by atoms with Crippen LogP contribution in [0.15, 0.2) is 10.9 Å². The number of nitrogens with zero attached hydrogens (tertiary/aromatic N) is 3. The third-order valence-corrected chi connectivity index (χ3v) is 3.97. The van der Waals surface area contributed by atoms with E-state index in [1.807, 2.05) is 17.8 Å². The number of hydrogen-bond donors (Lipinski definition) is 1. The average Bonchev–Trinajstić information content (AvgIpc) is 3.08. The fourth-order valence-corrected chi connectivity index (χ4v) is 2.44. The maximum absolute atomic E-state index is 6.15. The molecule has 2 heterocycles. The molecule has 0 aromatic carbocycles. The maximum Gasteiger partial charge on any atom is 0.137 e. The second kappa shape index (κ2) is 4.82. The van der Waals surface area contributed by atoms with Crippen molar-refractivity contribution in [1.82, 2.24) is 15.0 Å². The monoisotopic (exact) mass is 280 g/mol. The molecule has 18 heavy (non-hydrogen) atoms. The van der Waals surface area contributed by atoms with Crippen molar-refractivity contribution in [2.75, 3.05) is 5.32 Å². The van der Waals surface area contributed by atoms with Crippen molar-refractivity contribution < 1.29 is 0 Å². The van der Waals surface area contributed by atoms with Crippen molar-refractivity contribution in [2.45, 2.75) is 32.2 Å². The van der Waals surface area contributed by atoms with Gasteiger partial charge in [0, 0.05) is 16.9 Å². The Kier molecular flexibility index (Phi) is 3.18. The van der Waals surface area contributed by atoms with Gasteiger partial charge >= 0.3 is 0 Å². The van der Waals surface area contributed by atoms with E-state index in [-0.39, 0.29) is 0 Å². The highest BCUT2D eigenvalue weighted by Gasteiger charge is 2.27. The van der Waals surface area contributed by atoms with Gasteiger partial charge in [0.25, 0.3) is 0 Å². The minimum absolute atomic E-state index is 0.503. The first-order chi connectivity index (χ1) is 8.74. The van der Waals surface area contributed by atoms with Crippen LogP contribution in [0.4, 0.5) is 5.82 Å². The second-order valence-corrected chi connectivity index (χ2v) is 5.53. The van der Waals surface area contributed by atoms with Crippen LogP contribution >= 0.6 is 22.9 Å². The van der Waals surface area contributed by atoms with Gasteiger partial charge in [-0.25, -0.2) is 15.0 Å². The van der Waals surface area contributed by atoms with Gasteiger partial charge in [0.15, 0.2) is 0 Å². The van der Waals surface area contributed by atoms with Crippen LogP contribution in [0.25, 0.3) is 0 Å². The lowest BCUT2D eigenvalue weighted by molar-refractivity contribution is 0.909. The van der Waals surface area contributed by atoms with Gasteiger partial charge in [-0.1, -0.05) is 11.6 Å². The lowest BCUT2D eigenvalue weighted by Gasteiger charge is -2.10. The first-order valence-electron chi connectivity index (χ1n) is 5.89.